The molecule has 1 aromatic heterocycles. The molecule has 8 aromatic rings. The molecule has 5 aliphatic rings. The lowest BCUT2D eigenvalue weighted by molar-refractivity contribution is 0.195. The average molecular weight is 939 g/mol. The fourth-order valence-corrected chi connectivity index (χ4v) is 14.1. The van der Waals surface area contributed by atoms with Crippen molar-refractivity contribution in [3.05, 3.63) is 192 Å². The van der Waals surface area contributed by atoms with E-state index in [9.17, 15) is 0 Å². The molecule has 0 bridgehead atoms. The number of fused-ring (bicyclic) bond motifs is 8. The molecular weight excluding hydrogens is 872 g/mol. The van der Waals surface area contributed by atoms with Gasteiger partial charge < -0.3 is 14.7 Å². The normalized spacial score (nSPS) is 21.0. The Balaban J connectivity index is 1.17. The van der Waals surface area contributed by atoms with E-state index in [2.05, 4.69) is 240 Å². The molecule has 2 unspecified atom stereocenters. The van der Waals surface area contributed by atoms with Crippen LogP contribution < -0.4 is 31.1 Å². The molecule has 5 heteroatoms. The number of para-hydroxylation sites is 2. The van der Waals surface area contributed by atoms with Crippen molar-refractivity contribution < 1.29 is 0 Å². The van der Waals surface area contributed by atoms with Crippen LogP contribution in [0.25, 0.3) is 22.3 Å². The monoisotopic (exact) mass is 939 g/mol. The number of pyridine rings is 1. The predicted octanol–water partition coefficient (Wildman–Crippen LogP) is 15.9. The highest BCUT2D eigenvalue weighted by Crippen LogP contribution is 2.62. The van der Waals surface area contributed by atoms with E-state index >= 15 is 0 Å². The van der Waals surface area contributed by atoms with E-state index in [1.807, 2.05) is 12.4 Å². The minimum atomic E-state index is -0.176. The molecule has 4 nitrogen and oxygen atoms in total. The first-order chi connectivity index (χ1) is 34.6. The zero-order valence-electron chi connectivity index (χ0n) is 43.8. The van der Waals surface area contributed by atoms with Crippen LogP contribution in [0.2, 0.25) is 0 Å². The molecule has 3 aliphatic heterocycles. The Bertz CT molecular complexity index is 3460. The third-order valence-corrected chi connectivity index (χ3v) is 18.5. The van der Waals surface area contributed by atoms with Crippen molar-refractivity contribution in [2.45, 2.75) is 128 Å². The Morgan fingerprint density at radius 1 is 0.458 bits per heavy atom. The molecule has 0 saturated heterocycles. The van der Waals surface area contributed by atoms with Crippen LogP contribution in [0, 0.1) is 0 Å². The average Bonchev–Trinajstić information content (AvgIpc) is 3.60. The Morgan fingerprint density at radius 2 is 1.10 bits per heavy atom. The first-order valence-electron chi connectivity index (χ1n) is 26.7. The first kappa shape index (κ1) is 45.0. The van der Waals surface area contributed by atoms with Gasteiger partial charge in [-0.15, -0.1) is 0 Å². The quantitative estimate of drug-likeness (QED) is 0.160. The number of hydrogen-bond donors (Lipinski definition) is 0. The van der Waals surface area contributed by atoms with Crippen molar-refractivity contribution >= 4 is 68.6 Å². The molecule has 0 amide bonds. The number of nitrogens with zero attached hydrogens (tertiary/aromatic N) is 4. The summed E-state index contributed by atoms with van der Waals surface area (Å²) in [5.74, 6) is 0. The fourth-order valence-electron chi connectivity index (χ4n) is 14.1. The van der Waals surface area contributed by atoms with Crippen molar-refractivity contribution in [2.75, 3.05) is 14.7 Å². The number of rotatable bonds is 5. The molecule has 4 heterocycles. The number of hydrogen-bond acceptors (Lipinski definition) is 4. The van der Waals surface area contributed by atoms with Crippen molar-refractivity contribution in [1.82, 2.24) is 4.98 Å². The summed E-state index contributed by atoms with van der Waals surface area (Å²) >= 11 is 0. The van der Waals surface area contributed by atoms with Gasteiger partial charge in [-0.2, -0.15) is 0 Å². The number of anilines is 8. The molecular formula is C67H67BN4. The first-order valence-corrected chi connectivity index (χ1v) is 26.7. The molecule has 13 rings (SSSR count). The Morgan fingerprint density at radius 3 is 1.82 bits per heavy atom. The van der Waals surface area contributed by atoms with E-state index in [4.69, 9.17) is 0 Å². The van der Waals surface area contributed by atoms with Crippen molar-refractivity contribution in [2.24, 2.45) is 0 Å². The third kappa shape index (κ3) is 6.54. The smallest absolute Gasteiger partial charge is 0.252 e. The number of benzene rings is 7. The van der Waals surface area contributed by atoms with Gasteiger partial charge >= 0.3 is 0 Å². The van der Waals surface area contributed by atoms with Crippen molar-refractivity contribution in [3.63, 3.8) is 0 Å². The van der Waals surface area contributed by atoms with Gasteiger partial charge in [0.1, 0.15) is 0 Å². The maximum Gasteiger partial charge on any atom is 0.252 e. The lowest BCUT2D eigenvalue weighted by Gasteiger charge is -2.51. The van der Waals surface area contributed by atoms with E-state index < -0.39 is 0 Å². The van der Waals surface area contributed by atoms with Gasteiger partial charge in [0.05, 0.1) is 11.2 Å². The van der Waals surface area contributed by atoms with Gasteiger partial charge in [-0.25, -0.2) is 0 Å². The Labute approximate surface area is 428 Å². The van der Waals surface area contributed by atoms with Crippen LogP contribution in [-0.4, -0.2) is 17.2 Å². The molecule has 1 fully saturated rings. The van der Waals surface area contributed by atoms with E-state index in [1.165, 1.54) is 119 Å². The fraction of sp³-hybridized carbons (Fsp3) is 0.299. The van der Waals surface area contributed by atoms with Crippen LogP contribution in [0.4, 0.5) is 45.5 Å². The minimum Gasteiger partial charge on any atom is -0.334 e. The Kier molecular flexibility index (Phi) is 9.90. The molecule has 72 heavy (non-hydrogen) atoms. The van der Waals surface area contributed by atoms with E-state index in [0.717, 1.165) is 25.7 Å². The summed E-state index contributed by atoms with van der Waals surface area (Å²) in [7, 11) is 0. The second kappa shape index (κ2) is 15.8. The van der Waals surface area contributed by atoms with Gasteiger partial charge in [-0.1, -0.05) is 153 Å². The third-order valence-electron chi connectivity index (χ3n) is 18.5. The SMILES string of the molecule is CC(C)(C)c1ccc(N2c3cc4c(cc3B3c5ccccc5N(c5ccccc5)c5cc(N6c7ccc(-c8ccncc8)cc7C7(C)CCCCC67C)cc2c53)C(C)(C)CCC4(C)C)c(-c2ccccc2)c1. The van der Waals surface area contributed by atoms with Gasteiger partial charge in [-0.3, -0.25) is 4.98 Å². The lowest BCUT2D eigenvalue weighted by Crippen LogP contribution is -2.62. The van der Waals surface area contributed by atoms with Crippen LogP contribution in [0.3, 0.4) is 0 Å². The molecule has 2 aliphatic carbocycles. The van der Waals surface area contributed by atoms with Gasteiger partial charge in [0.2, 0.25) is 0 Å². The van der Waals surface area contributed by atoms with Crippen molar-refractivity contribution in [1.29, 1.82) is 0 Å². The van der Waals surface area contributed by atoms with Crippen LogP contribution >= 0.6 is 0 Å². The summed E-state index contributed by atoms with van der Waals surface area (Å²) < 4.78 is 0. The van der Waals surface area contributed by atoms with Gasteiger partial charge in [0, 0.05) is 63.2 Å². The number of aromatic nitrogens is 1. The molecule has 358 valence electrons. The molecule has 0 radical (unpaired) electrons. The zero-order valence-corrected chi connectivity index (χ0v) is 43.8. The van der Waals surface area contributed by atoms with Crippen LogP contribution in [0.5, 0.6) is 0 Å². The summed E-state index contributed by atoms with van der Waals surface area (Å²) in [4.78, 5) is 12.5. The predicted molar refractivity (Wildman–Crippen MR) is 306 cm³/mol. The van der Waals surface area contributed by atoms with Crippen LogP contribution in [-0.2, 0) is 21.7 Å². The summed E-state index contributed by atoms with van der Waals surface area (Å²) in [6.07, 6.45) is 10.8. The minimum absolute atomic E-state index is 0.0101. The van der Waals surface area contributed by atoms with E-state index in [1.54, 1.807) is 0 Å². The van der Waals surface area contributed by atoms with Gasteiger partial charge in [-0.05, 0) is 177 Å². The second-order valence-electron chi connectivity index (χ2n) is 24.6. The van der Waals surface area contributed by atoms with Crippen LogP contribution in [0.15, 0.2) is 170 Å². The highest BCUT2D eigenvalue weighted by molar-refractivity contribution is 7.00. The summed E-state index contributed by atoms with van der Waals surface area (Å²) in [5.41, 5.74) is 24.6. The van der Waals surface area contributed by atoms with Gasteiger partial charge in [0.25, 0.3) is 6.71 Å². The van der Waals surface area contributed by atoms with Crippen molar-refractivity contribution in [3.8, 4) is 22.3 Å². The van der Waals surface area contributed by atoms with Crippen LogP contribution in [0.1, 0.15) is 123 Å². The maximum atomic E-state index is 4.39. The zero-order chi connectivity index (χ0) is 49.5. The van der Waals surface area contributed by atoms with E-state index in [0.29, 0.717) is 0 Å². The lowest BCUT2D eigenvalue weighted by atomic mass is 9.33. The molecule has 1 saturated carbocycles. The topological polar surface area (TPSA) is 22.6 Å². The maximum absolute atomic E-state index is 4.39. The highest BCUT2D eigenvalue weighted by Gasteiger charge is 2.58. The van der Waals surface area contributed by atoms with E-state index in [-0.39, 0.29) is 33.9 Å². The molecule has 0 N–H and O–H groups in total. The summed E-state index contributed by atoms with van der Waals surface area (Å²) in [5, 5.41) is 0. The molecule has 7 aromatic carbocycles. The largest absolute Gasteiger partial charge is 0.334 e. The molecule has 0 spiro atoms. The second-order valence-corrected chi connectivity index (χ2v) is 24.6. The van der Waals surface area contributed by atoms with Gasteiger partial charge in [0.15, 0.2) is 0 Å². The molecule has 2 atom stereocenters. The Hall–Kier alpha value is -6.85. The summed E-state index contributed by atoms with van der Waals surface area (Å²) in [6, 6.07) is 61.2. The standard InChI is InChI=1S/C67H67BN4/c1-63(2,3)47-27-29-56(50(39-47)45-20-12-10-13-21-45)71-59-43-52-51(64(4,5)34-35-65(52,6)7)42-55(59)68-54-24-16-17-25-58(54)70(48-22-14-11-15-23-48)60-40-49(41-61(71)62(60)68)72-57-28-26-46(44-30-36-69-37-31-44)38-53(57)66(8)32-18-19-33-67(66,72)9/h10-17,20-31,36-43H,18-19,32-35H2,1-9H3. The summed E-state index contributed by atoms with van der Waals surface area (Å²) in [6.45, 7) is 22.1. The highest BCUT2D eigenvalue weighted by atomic mass is 15.3.